The number of hydrogen-bond acceptors (Lipinski definition) is 0. The highest BCUT2D eigenvalue weighted by molar-refractivity contribution is 5.27. The maximum Gasteiger partial charge on any atom is 0.131 e. The van der Waals surface area contributed by atoms with Gasteiger partial charge in [-0.05, 0) is 82.0 Å². The Morgan fingerprint density at radius 1 is 0.909 bits per heavy atom. The second-order valence-electron chi connectivity index (χ2n) is 7.82. The molecule has 0 heterocycles. The van der Waals surface area contributed by atoms with E-state index in [0.29, 0.717) is 24.7 Å². The van der Waals surface area contributed by atoms with Gasteiger partial charge in [-0.1, -0.05) is 25.0 Å². The van der Waals surface area contributed by atoms with E-state index in [2.05, 4.69) is 13.0 Å². The third-order valence-electron chi connectivity index (χ3n) is 6.59. The molecule has 0 N–H and O–H groups in total. The first-order chi connectivity index (χ1) is 10.7. The lowest BCUT2D eigenvalue weighted by molar-refractivity contribution is 0.0660. The van der Waals surface area contributed by atoms with Crippen molar-refractivity contribution in [1.82, 2.24) is 0 Å². The van der Waals surface area contributed by atoms with Crippen molar-refractivity contribution in [3.05, 3.63) is 17.6 Å². The molecule has 3 aliphatic carbocycles. The monoisotopic (exact) mass is 309 g/mol. The minimum atomic E-state index is -1.21. The first-order valence-electron chi connectivity index (χ1n) is 9.49. The van der Waals surface area contributed by atoms with Crippen LogP contribution in [0.4, 0.5) is 8.78 Å². The predicted molar refractivity (Wildman–Crippen MR) is 88.0 cm³/mol. The zero-order chi connectivity index (χ0) is 15.5. The molecule has 0 nitrogen and oxygen atoms in total. The molecule has 3 rings (SSSR count). The second-order valence-corrected chi connectivity index (χ2v) is 7.82. The van der Waals surface area contributed by atoms with E-state index in [-0.39, 0.29) is 0 Å². The van der Waals surface area contributed by atoms with Crippen LogP contribution in [-0.2, 0) is 0 Å². The maximum absolute atomic E-state index is 13.6. The van der Waals surface area contributed by atoms with Crippen molar-refractivity contribution in [2.24, 2.45) is 17.8 Å². The zero-order valence-corrected chi connectivity index (χ0v) is 14.0. The summed E-state index contributed by atoms with van der Waals surface area (Å²) in [6.45, 7) is 2.31. The smallest absolute Gasteiger partial charge is 0.131 e. The van der Waals surface area contributed by atoms with Crippen LogP contribution in [0.2, 0.25) is 0 Å². The summed E-state index contributed by atoms with van der Waals surface area (Å²) < 4.78 is 26.9. The summed E-state index contributed by atoms with van der Waals surface area (Å²) in [6, 6.07) is 0. The maximum atomic E-state index is 13.6. The van der Waals surface area contributed by atoms with Crippen molar-refractivity contribution >= 4 is 0 Å². The molecule has 3 aliphatic rings. The topological polar surface area (TPSA) is 0 Å². The van der Waals surface area contributed by atoms with Crippen LogP contribution in [0, 0.1) is 23.7 Å². The molecule has 0 aromatic rings. The van der Waals surface area contributed by atoms with E-state index in [0.717, 1.165) is 18.8 Å². The van der Waals surface area contributed by atoms with Gasteiger partial charge in [0.15, 0.2) is 0 Å². The molecular formula is C20H31F2. The van der Waals surface area contributed by atoms with Crippen LogP contribution in [0.15, 0.2) is 11.6 Å². The molecule has 22 heavy (non-hydrogen) atoms. The van der Waals surface area contributed by atoms with E-state index in [1.165, 1.54) is 44.9 Å². The van der Waals surface area contributed by atoms with Crippen LogP contribution in [-0.4, -0.2) is 12.3 Å². The van der Waals surface area contributed by atoms with Gasteiger partial charge in [0, 0.05) is 5.92 Å². The normalized spacial score (nSPS) is 38.8. The molecule has 0 aromatic heterocycles. The van der Waals surface area contributed by atoms with Crippen LogP contribution in [0.1, 0.15) is 77.6 Å². The van der Waals surface area contributed by atoms with Crippen LogP contribution < -0.4 is 0 Å². The summed E-state index contributed by atoms with van der Waals surface area (Å²) >= 11 is 0. The van der Waals surface area contributed by atoms with E-state index >= 15 is 0 Å². The Morgan fingerprint density at radius 3 is 2.27 bits per heavy atom. The minimum Gasteiger partial charge on any atom is -0.244 e. The van der Waals surface area contributed by atoms with Crippen LogP contribution in [0.25, 0.3) is 0 Å². The molecule has 0 saturated heterocycles. The van der Waals surface area contributed by atoms with Crippen molar-refractivity contribution in [2.75, 3.05) is 0 Å². The standard InChI is InChI=1S/C20H31F2/c1-2-14-3-5-15(6-4-14)16-7-9-17(10-8-16)18-11-12-19(21)20(22)13-18/h7,14,17-20H,2-6,8-13H2,1H3. The second kappa shape index (κ2) is 7.45. The molecule has 125 valence electrons. The van der Waals surface area contributed by atoms with Crippen LogP contribution >= 0.6 is 0 Å². The summed E-state index contributed by atoms with van der Waals surface area (Å²) in [5.74, 6) is 3.67. The number of hydrogen-bond donors (Lipinski definition) is 0. The van der Waals surface area contributed by atoms with E-state index in [4.69, 9.17) is 0 Å². The van der Waals surface area contributed by atoms with Gasteiger partial charge >= 0.3 is 0 Å². The van der Waals surface area contributed by atoms with Gasteiger partial charge in [-0.15, -0.1) is 0 Å². The summed E-state index contributed by atoms with van der Waals surface area (Å²) in [5, 5.41) is 0. The largest absolute Gasteiger partial charge is 0.244 e. The molecule has 2 fully saturated rings. The molecule has 0 aromatic carbocycles. The van der Waals surface area contributed by atoms with Gasteiger partial charge < -0.3 is 0 Å². The molecule has 0 bridgehead atoms. The van der Waals surface area contributed by atoms with Crippen molar-refractivity contribution < 1.29 is 8.78 Å². The fourth-order valence-corrected chi connectivity index (χ4v) is 4.90. The lowest BCUT2D eigenvalue weighted by Crippen LogP contribution is -2.32. The third-order valence-corrected chi connectivity index (χ3v) is 6.59. The average Bonchev–Trinajstić information content (AvgIpc) is 2.58. The zero-order valence-electron chi connectivity index (χ0n) is 14.0. The van der Waals surface area contributed by atoms with E-state index in [1.807, 2.05) is 0 Å². The first-order valence-corrected chi connectivity index (χ1v) is 9.49. The lowest BCUT2D eigenvalue weighted by atomic mass is 9.69. The van der Waals surface area contributed by atoms with E-state index < -0.39 is 12.3 Å². The van der Waals surface area contributed by atoms with Crippen molar-refractivity contribution in [1.29, 1.82) is 0 Å². The van der Waals surface area contributed by atoms with Gasteiger partial charge in [-0.25, -0.2) is 8.78 Å². The quantitative estimate of drug-likeness (QED) is 0.568. The predicted octanol–water partition coefficient (Wildman–Crippen LogP) is 6.36. The van der Waals surface area contributed by atoms with E-state index in [9.17, 15) is 8.78 Å². The molecule has 2 saturated carbocycles. The Kier molecular flexibility index (Phi) is 5.57. The number of rotatable bonds is 3. The Balaban J connectivity index is 1.50. The summed E-state index contributed by atoms with van der Waals surface area (Å²) in [4.78, 5) is 0. The van der Waals surface area contributed by atoms with Crippen LogP contribution in [0.3, 0.4) is 0 Å². The van der Waals surface area contributed by atoms with Gasteiger partial charge in [0.25, 0.3) is 0 Å². The Labute approximate surface area is 134 Å². The van der Waals surface area contributed by atoms with E-state index in [1.54, 1.807) is 11.5 Å². The third kappa shape index (κ3) is 3.74. The minimum absolute atomic E-state index is 0.417. The highest BCUT2D eigenvalue weighted by atomic mass is 19.2. The first kappa shape index (κ1) is 16.5. The number of alkyl halides is 2. The Bertz CT molecular complexity index is 381. The fraction of sp³-hybridized carbons (Fsp3) is 0.850. The number of allylic oxidation sites excluding steroid dienone is 2. The average molecular weight is 309 g/mol. The highest BCUT2D eigenvalue weighted by Gasteiger charge is 2.35. The fourth-order valence-electron chi connectivity index (χ4n) is 4.90. The van der Waals surface area contributed by atoms with Gasteiger partial charge in [-0.2, -0.15) is 0 Å². The molecular weight excluding hydrogens is 278 g/mol. The molecule has 0 spiro atoms. The molecule has 0 amide bonds. The highest BCUT2D eigenvalue weighted by Crippen LogP contribution is 2.44. The van der Waals surface area contributed by atoms with Gasteiger partial charge in [0.05, 0.1) is 0 Å². The molecule has 0 aliphatic heterocycles. The van der Waals surface area contributed by atoms with Gasteiger partial charge in [0.1, 0.15) is 12.3 Å². The summed E-state index contributed by atoms with van der Waals surface area (Å²) in [6.07, 6.45) is 12.0. The Morgan fingerprint density at radius 2 is 1.68 bits per heavy atom. The van der Waals surface area contributed by atoms with Crippen molar-refractivity contribution in [3.63, 3.8) is 0 Å². The number of halogens is 2. The summed E-state index contributed by atoms with van der Waals surface area (Å²) in [5.41, 5.74) is 1.61. The van der Waals surface area contributed by atoms with Gasteiger partial charge in [-0.3, -0.25) is 0 Å². The summed E-state index contributed by atoms with van der Waals surface area (Å²) in [7, 11) is 0. The molecule has 2 heteroatoms. The van der Waals surface area contributed by atoms with Gasteiger partial charge in [0.2, 0.25) is 0 Å². The Hall–Kier alpha value is -0.400. The lowest BCUT2D eigenvalue weighted by Gasteiger charge is -2.37. The molecule has 4 unspecified atom stereocenters. The van der Waals surface area contributed by atoms with Crippen LogP contribution in [0.5, 0.6) is 0 Å². The SMILES string of the molecule is CCC1CC[C](C2=CCC(C3CCC(F)C(F)C3)CC2)CC1. The molecule has 1 radical (unpaired) electrons. The van der Waals surface area contributed by atoms with Crippen molar-refractivity contribution in [2.45, 2.75) is 89.9 Å². The van der Waals surface area contributed by atoms with Crippen molar-refractivity contribution in [3.8, 4) is 0 Å². The molecule has 4 atom stereocenters.